The minimum atomic E-state index is -3.88. The zero-order chi connectivity index (χ0) is 21.3. The molecule has 1 unspecified atom stereocenters. The zero-order valence-electron chi connectivity index (χ0n) is 16.4. The van der Waals surface area contributed by atoms with Crippen molar-refractivity contribution in [1.29, 1.82) is 0 Å². The van der Waals surface area contributed by atoms with Crippen molar-refractivity contribution in [2.45, 2.75) is 18.9 Å². The first kappa shape index (κ1) is 20.2. The number of rotatable bonds is 6. The summed E-state index contributed by atoms with van der Waals surface area (Å²) in [7, 11) is -2.23. The third-order valence-corrected chi connectivity index (χ3v) is 6.75. The maximum Gasteiger partial charge on any atom is 0.302 e. The van der Waals surface area contributed by atoms with E-state index in [1.807, 2.05) is 42.5 Å². The fourth-order valence-electron chi connectivity index (χ4n) is 3.66. The smallest absolute Gasteiger partial charge is 0.302 e. The van der Waals surface area contributed by atoms with E-state index in [0.29, 0.717) is 6.29 Å². The molecule has 3 aromatic rings. The summed E-state index contributed by atoms with van der Waals surface area (Å²) < 4.78 is 33.2. The van der Waals surface area contributed by atoms with E-state index in [2.05, 4.69) is 4.72 Å². The zero-order valence-corrected chi connectivity index (χ0v) is 17.2. The highest BCUT2D eigenvalue weighted by Crippen LogP contribution is 2.35. The third kappa shape index (κ3) is 3.96. The lowest BCUT2D eigenvalue weighted by atomic mass is 10.0. The molecule has 0 aliphatic carbocycles. The molecule has 1 heterocycles. The van der Waals surface area contributed by atoms with Gasteiger partial charge < -0.3 is 14.6 Å². The van der Waals surface area contributed by atoms with Crippen molar-refractivity contribution in [2.24, 2.45) is 0 Å². The molecule has 3 aromatic carbocycles. The third-order valence-electron chi connectivity index (χ3n) is 5.22. The van der Waals surface area contributed by atoms with Crippen LogP contribution in [0.4, 0.5) is 5.69 Å². The summed E-state index contributed by atoms with van der Waals surface area (Å²) >= 11 is 0. The van der Waals surface area contributed by atoms with E-state index in [4.69, 9.17) is 4.74 Å². The van der Waals surface area contributed by atoms with Crippen LogP contribution in [0.15, 0.2) is 54.6 Å². The molecule has 1 saturated heterocycles. The van der Waals surface area contributed by atoms with E-state index in [9.17, 15) is 18.3 Å². The fraction of sp³-hybridized carbons (Fsp3) is 0.227. The molecule has 0 spiro atoms. The number of fused-ring (bicyclic) bond motifs is 1. The fourth-order valence-corrected chi connectivity index (χ4v) is 5.06. The second-order valence-corrected chi connectivity index (χ2v) is 8.90. The monoisotopic (exact) mass is 426 g/mol. The Kier molecular flexibility index (Phi) is 5.36. The SMILES string of the molecule is COc1cccc(CCc2ccc3cc(O)c(N4CC(C=O)NS4(=O)=O)cc3c2)c1. The molecule has 1 atom stereocenters. The number of nitrogens with one attached hydrogen (secondary N) is 1. The first-order valence-electron chi connectivity index (χ1n) is 9.53. The number of hydrogen-bond acceptors (Lipinski definition) is 5. The molecular weight excluding hydrogens is 404 g/mol. The summed E-state index contributed by atoms with van der Waals surface area (Å²) in [4.78, 5) is 11.0. The van der Waals surface area contributed by atoms with E-state index in [1.165, 1.54) is 0 Å². The molecule has 0 amide bonds. The Morgan fingerprint density at radius 2 is 1.87 bits per heavy atom. The number of carbonyl (C=O) groups excluding carboxylic acids is 1. The van der Waals surface area contributed by atoms with Gasteiger partial charge in [-0.15, -0.1) is 0 Å². The summed E-state index contributed by atoms with van der Waals surface area (Å²) in [5.74, 6) is 0.670. The minimum Gasteiger partial charge on any atom is -0.506 e. The van der Waals surface area contributed by atoms with Crippen molar-refractivity contribution in [3.8, 4) is 11.5 Å². The van der Waals surface area contributed by atoms with Crippen LogP contribution in [-0.2, 0) is 27.8 Å². The molecule has 0 aromatic heterocycles. The summed E-state index contributed by atoms with van der Waals surface area (Å²) in [6.45, 7) is -0.0551. The highest BCUT2D eigenvalue weighted by atomic mass is 32.2. The Morgan fingerprint density at radius 1 is 1.10 bits per heavy atom. The Morgan fingerprint density at radius 3 is 2.57 bits per heavy atom. The average molecular weight is 426 g/mol. The molecule has 1 aliphatic rings. The molecule has 4 rings (SSSR count). The van der Waals surface area contributed by atoms with E-state index >= 15 is 0 Å². The standard InChI is InChI=1S/C22H22N2O5S/c1-29-20-4-2-3-15(10-20)5-6-16-7-8-17-12-22(26)21(11-18(17)9-16)24-13-19(14-25)23-30(24,27)28/h2-4,7-12,14,19,23,26H,5-6,13H2,1H3. The van der Waals surface area contributed by atoms with Crippen molar-refractivity contribution in [3.63, 3.8) is 0 Å². The molecule has 0 radical (unpaired) electrons. The topological polar surface area (TPSA) is 95.9 Å². The second kappa shape index (κ2) is 7.97. The summed E-state index contributed by atoms with van der Waals surface area (Å²) in [6, 6.07) is 16.2. The maximum absolute atomic E-state index is 12.3. The maximum atomic E-state index is 12.3. The van der Waals surface area contributed by atoms with Crippen LogP contribution in [0.1, 0.15) is 11.1 Å². The Balaban J connectivity index is 1.62. The molecular formula is C22H22N2O5S. The summed E-state index contributed by atoms with van der Waals surface area (Å²) in [5.41, 5.74) is 2.41. The number of aryl methyl sites for hydroxylation is 2. The Hall–Kier alpha value is -3.10. The number of carbonyl (C=O) groups is 1. The van der Waals surface area contributed by atoms with Gasteiger partial charge in [-0.05, 0) is 59.0 Å². The number of anilines is 1. The lowest BCUT2D eigenvalue weighted by molar-refractivity contribution is -0.108. The Labute approximate surface area is 175 Å². The lowest BCUT2D eigenvalue weighted by Crippen LogP contribution is -2.30. The van der Waals surface area contributed by atoms with Crippen molar-refractivity contribution in [3.05, 3.63) is 65.7 Å². The molecule has 1 fully saturated rings. The molecule has 0 bridgehead atoms. The largest absolute Gasteiger partial charge is 0.506 e. The molecule has 156 valence electrons. The summed E-state index contributed by atoms with van der Waals surface area (Å²) in [5, 5.41) is 12.0. The number of aromatic hydroxyl groups is 1. The average Bonchev–Trinajstić information content (AvgIpc) is 3.06. The number of phenols is 1. The van der Waals surface area contributed by atoms with E-state index in [0.717, 1.165) is 44.8 Å². The van der Waals surface area contributed by atoms with Gasteiger partial charge in [-0.25, -0.2) is 0 Å². The van der Waals surface area contributed by atoms with Gasteiger partial charge in [0, 0.05) is 0 Å². The van der Waals surface area contributed by atoms with E-state index in [-0.39, 0.29) is 18.0 Å². The van der Waals surface area contributed by atoms with Crippen LogP contribution >= 0.6 is 0 Å². The van der Waals surface area contributed by atoms with Crippen molar-refractivity contribution in [1.82, 2.24) is 4.72 Å². The van der Waals surface area contributed by atoms with Gasteiger partial charge in [0.25, 0.3) is 0 Å². The van der Waals surface area contributed by atoms with Gasteiger partial charge in [0.1, 0.15) is 17.8 Å². The number of aldehydes is 1. The van der Waals surface area contributed by atoms with Crippen LogP contribution in [0.25, 0.3) is 10.8 Å². The van der Waals surface area contributed by atoms with Gasteiger partial charge in [0.15, 0.2) is 0 Å². The number of methoxy groups -OCH3 is 1. The Bertz CT molecular complexity index is 1210. The predicted molar refractivity (Wildman–Crippen MR) is 115 cm³/mol. The van der Waals surface area contributed by atoms with Gasteiger partial charge in [0.2, 0.25) is 0 Å². The van der Waals surface area contributed by atoms with Gasteiger partial charge >= 0.3 is 10.2 Å². The van der Waals surface area contributed by atoms with Crippen LogP contribution in [0, 0.1) is 0 Å². The molecule has 7 nitrogen and oxygen atoms in total. The number of ether oxygens (including phenoxy) is 1. The molecule has 2 N–H and O–H groups in total. The highest BCUT2D eigenvalue weighted by Gasteiger charge is 2.36. The number of hydrogen-bond donors (Lipinski definition) is 2. The number of phenolic OH excluding ortho intramolecular Hbond substituents is 1. The van der Waals surface area contributed by atoms with Crippen molar-refractivity contribution < 1.29 is 23.1 Å². The van der Waals surface area contributed by atoms with Crippen molar-refractivity contribution >= 4 is 33.0 Å². The predicted octanol–water partition coefficient (Wildman–Crippen LogP) is 2.56. The lowest BCUT2D eigenvalue weighted by Gasteiger charge is -2.18. The van der Waals surface area contributed by atoms with Crippen molar-refractivity contribution in [2.75, 3.05) is 18.0 Å². The number of benzene rings is 3. The van der Waals surface area contributed by atoms with Gasteiger partial charge in [-0.2, -0.15) is 13.1 Å². The summed E-state index contributed by atoms with van der Waals surface area (Å²) in [6.07, 6.45) is 2.18. The highest BCUT2D eigenvalue weighted by molar-refractivity contribution is 7.91. The molecule has 0 saturated carbocycles. The van der Waals surface area contributed by atoms with E-state index in [1.54, 1.807) is 19.2 Å². The molecule has 1 aliphatic heterocycles. The quantitative estimate of drug-likeness (QED) is 0.591. The first-order chi connectivity index (χ1) is 14.4. The van der Waals surface area contributed by atoms with Crippen LogP contribution in [0.5, 0.6) is 11.5 Å². The van der Waals surface area contributed by atoms with E-state index < -0.39 is 16.3 Å². The van der Waals surface area contributed by atoms with Crippen LogP contribution in [0.2, 0.25) is 0 Å². The van der Waals surface area contributed by atoms with Gasteiger partial charge in [0.05, 0.1) is 25.4 Å². The van der Waals surface area contributed by atoms with Crippen LogP contribution in [0.3, 0.4) is 0 Å². The normalized spacial score (nSPS) is 17.9. The second-order valence-electron chi connectivity index (χ2n) is 7.27. The first-order valence-corrected chi connectivity index (χ1v) is 11.0. The van der Waals surface area contributed by atoms with Gasteiger partial charge in [-0.3, -0.25) is 4.31 Å². The van der Waals surface area contributed by atoms with Crippen LogP contribution in [-0.4, -0.2) is 39.5 Å². The minimum absolute atomic E-state index is 0.0551. The van der Waals surface area contributed by atoms with Crippen LogP contribution < -0.4 is 13.8 Å². The molecule has 30 heavy (non-hydrogen) atoms. The molecule has 8 heteroatoms. The van der Waals surface area contributed by atoms with Gasteiger partial charge in [-0.1, -0.05) is 30.3 Å². The number of nitrogens with zero attached hydrogens (tertiary/aromatic N) is 1.